The molecule has 0 bridgehead atoms. The molecule has 2 aliphatic rings. The van der Waals surface area contributed by atoms with E-state index in [4.69, 9.17) is 19.6 Å². The van der Waals surface area contributed by atoms with Gasteiger partial charge in [0.05, 0.1) is 49.3 Å². The van der Waals surface area contributed by atoms with E-state index in [9.17, 15) is 0 Å². The highest BCUT2D eigenvalue weighted by molar-refractivity contribution is 5.65. The van der Waals surface area contributed by atoms with Crippen LogP contribution in [0.1, 0.15) is 35.5 Å². The summed E-state index contributed by atoms with van der Waals surface area (Å²) in [4.78, 5) is 14.1. The normalized spacial score (nSPS) is 18.4. The molecule has 2 aliphatic heterocycles. The lowest BCUT2D eigenvalue weighted by Crippen LogP contribution is -2.45. The molecule has 5 heterocycles. The average molecular weight is 463 g/mol. The first-order chi connectivity index (χ1) is 16.5. The van der Waals surface area contributed by atoms with E-state index in [0.29, 0.717) is 19.1 Å². The van der Waals surface area contributed by atoms with Crippen LogP contribution in [-0.2, 0) is 17.6 Å². The van der Waals surface area contributed by atoms with E-state index < -0.39 is 0 Å². The maximum Gasteiger partial charge on any atom is 0.216 e. The Morgan fingerprint density at radius 1 is 1.06 bits per heavy atom. The SMILES string of the molecule is COc1ncc(-n2nc(-c3ccnc(C(C)N4CCN(C)CC4)c3)c3c2CCOCC3)cc1C. The van der Waals surface area contributed by atoms with Crippen molar-refractivity contribution in [3.63, 3.8) is 0 Å². The number of rotatable bonds is 5. The average Bonchev–Trinajstić information content (AvgIpc) is 3.04. The van der Waals surface area contributed by atoms with Crippen molar-refractivity contribution >= 4 is 0 Å². The second-order valence-corrected chi connectivity index (χ2v) is 9.30. The van der Waals surface area contributed by atoms with Crippen LogP contribution in [0.4, 0.5) is 0 Å². The zero-order valence-electron chi connectivity index (χ0n) is 20.6. The zero-order valence-corrected chi connectivity index (χ0v) is 20.6. The van der Waals surface area contributed by atoms with Gasteiger partial charge in [-0.15, -0.1) is 0 Å². The Kier molecular flexibility index (Phi) is 6.63. The molecule has 1 saturated heterocycles. The van der Waals surface area contributed by atoms with E-state index >= 15 is 0 Å². The molecule has 3 aromatic heterocycles. The fourth-order valence-corrected chi connectivity index (χ4v) is 4.99. The fraction of sp³-hybridized carbons (Fsp3) is 0.500. The van der Waals surface area contributed by atoms with E-state index in [1.165, 1.54) is 11.3 Å². The summed E-state index contributed by atoms with van der Waals surface area (Å²) in [5.41, 5.74) is 7.62. The van der Waals surface area contributed by atoms with E-state index in [2.05, 4.69) is 47.0 Å². The van der Waals surface area contributed by atoms with Crippen molar-refractivity contribution in [1.82, 2.24) is 29.5 Å². The molecule has 0 aliphatic carbocycles. The second-order valence-electron chi connectivity index (χ2n) is 9.30. The number of fused-ring (bicyclic) bond motifs is 1. The van der Waals surface area contributed by atoms with Crippen molar-refractivity contribution in [3.05, 3.63) is 53.1 Å². The summed E-state index contributed by atoms with van der Waals surface area (Å²) in [6, 6.07) is 6.66. The lowest BCUT2D eigenvalue weighted by Gasteiger charge is -2.36. The van der Waals surface area contributed by atoms with Gasteiger partial charge >= 0.3 is 0 Å². The molecule has 1 atom stereocenters. The van der Waals surface area contributed by atoms with Crippen LogP contribution < -0.4 is 4.74 Å². The minimum Gasteiger partial charge on any atom is -0.481 e. The van der Waals surface area contributed by atoms with Gasteiger partial charge in [0.1, 0.15) is 0 Å². The number of hydrogen-bond acceptors (Lipinski definition) is 7. The summed E-state index contributed by atoms with van der Waals surface area (Å²) in [6.07, 6.45) is 5.43. The highest BCUT2D eigenvalue weighted by atomic mass is 16.5. The largest absolute Gasteiger partial charge is 0.481 e. The fourth-order valence-electron chi connectivity index (χ4n) is 4.99. The molecule has 0 radical (unpaired) electrons. The summed E-state index contributed by atoms with van der Waals surface area (Å²) in [5, 5.41) is 5.13. The zero-order chi connectivity index (χ0) is 23.7. The molecule has 0 saturated carbocycles. The maximum absolute atomic E-state index is 5.83. The molecule has 0 amide bonds. The number of ether oxygens (including phenoxy) is 2. The molecule has 34 heavy (non-hydrogen) atoms. The Labute approximate surface area is 201 Å². The van der Waals surface area contributed by atoms with Crippen molar-refractivity contribution in [3.8, 4) is 22.8 Å². The van der Waals surface area contributed by atoms with Crippen molar-refractivity contribution in [2.45, 2.75) is 32.7 Å². The van der Waals surface area contributed by atoms with Gasteiger partial charge in [-0.05, 0) is 45.5 Å². The van der Waals surface area contributed by atoms with Crippen LogP contribution >= 0.6 is 0 Å². The molecule has 0 aromatic carbocycles. The number of aryl methyl sites for hydroxylation is 1. The molecule has 0 spiro atoms. The van der Waals surface area contributed by atoms with Crippen LogP contribution in [0.2, 0.25) is 0 Å². The number of hydrogen-bond donors (Lipinski definition) is 0. The molecule has 180 valence electrons. The van der Waals surface area contributed by atoms with Gasteiger partial charge < -0.3 is 14.4 Å². The monoisotopic (exact) mass is 462 g/mol. The van der Waals surface area contributed by atoms with Crippen LogP contribution in [0, 0.1) is 6.92 Å². The van der Waals surface area contributed by atoms with Gasteiger partial charge in [0.15, 0.2) is 0 Å². The minimum absolute atomic E-state index is 0.270. The molecule has 3 aromatic rings. The molecule has 8 heteroatoms. The standard InChI is InChI=1S/C26H34N6O2/c1-18-15-21(17-28-26(18)33-4)32-24-7-14-34-13-6-22(24)25(29-32)20-5-8-27-23(16-20)19(2)31-11-9-30(3)10-12-31/h5,8,15-17,19H,6-7,9-14H2,1-4H3. The van der Waals surface area contributed by atoms with Crippen LogP contribution in [0.5, 0.6) is 5.88 Å². The van der Waals surface area contributed by atoms with Crippen molar-refractivity contribution in [1.29, 1.82) is 0 Å². The van der Waals surface area contributed by atoms with E-state index in [0.717, 1.165) is 67.2 Å². The van der Waals surface area contributed by atoms with Gasteiger partial charge in [0.25, 0.3) is 0 Å². The van der Waals surface area contributed by atoms with Crippen LogP contribution in [0.25, 0.3) is 16.9 Å². The highest BCUT2D eigenvalue weighted by Crippen LogP contribution is 2.32. The van der Waals surface area contributed by atoms with E-state index in [1.54, 1.807) is 7.11 Å². The summed E-state index contributed by atoms with van der Waals surface area (Å²) in [6.45, 7) is 9.99. The lowest BCUT2D eigenvalue weighted by atomic mass is 10.0. The Morgan fingerprint density at radius 2 is 1.85 bits per heavy atom. The predicted octanol–water partition coefficient (Wildman–Crippen LogP) is 3.07. The van der Waals surface area contributed by atoms with E-state index in [-0.39, 0.29) is 6.04 Å². The molecular formula is C26H34N6O2. The summed E-state index contributed by atoms with van der Waals surface area (Å²) in [7, 11) is 3.83. The van der Waals surface area contributed by atoms with Gasteiger partial charge in [-0.1, -0.05) is 0 Å². The minimum atomic E-state index is 0.270. The second kappa shape index (κ2) is 9.82. The number of likely N-dealkylation sites (N-methyl/N-ethyl adjacent to an activating group) is 1. The molecule has 8 nitrogen and oxygen atoms in total. The van der Waals surface area contributed by atoms with Crippen molar-refractivity contribution in [2.24, 2.45) is 0 Å². The molecule has 5 rings (SSSR count). The molecular weight excluding hydrogens is 428 g/mol. The smallest absolute Gasteiger partial charge is 0.216 e. The Bertz CT molecular complexity index is 1150. The number of piperazine rings is 1. The van der Waals surface area contributed by atoms with Crippen molar-refractivity contribution in [2.75, 3.05) is 53.6 Å². The third-order valence-electron chi connectivity index (χ3n) is 7.09. The number of pyridine rings is 2. The first-order valence-corrected chi connectivity index (χ1v) is 12.1. The topological polar surface area (TPSA) is 68.5 Å². The quantitative estimate of drug-likeness (QED) is 0.577. The first kappa shape index (κ1) is 23.0. The Morgan fingerprint density at radius 3 is 2.62 bits per heavy atom. The molecule has 1 unspecified atom stereocenters. The summed E-state index contributed by atoms with van der Waals surface area (Å²) in [5.74, 6) is 0.641. The number of methoxy groups -OCH3 is 1. The third-order valence-corrected chi connectivity index (χ3v) is 7.09. The lowest BCUT2D eigenvalue weighted by molar-refractivity contribution is 0.117. The molecule has 1 fully saturated rings. The molecule has 0 N–H and O–H groups in total. The van der Waals surface area contributed by atoms with Crippen molar-refractivity contribution < 1.29 is 9.47 Å². The van der Waals surface area contributed by atoms with Crippen LogP contribution in [-0.4, -0.2) is 83.1 Å². The highest BCUT2D eigenvalue weighted by Gasteiger charge is 2.25. The maximum atomic E-state index is 5.83. The van der Waals surface area contributed by atoms with Crippen LogP contribution in [0.3, 0.4) is 0 Å². The van der Waals surface area contributed by atoms with Gasteiger partial charge in [-0.25, -0.2) is 9.67 Å². The van der Waals surface area contributed by atoms with Gasteiger partial charge in [0.2, 0.25) is 5.88 Å². The number of nitrogens with zero attached hydrogens (tertiary/aromatic N) is 6. The Hall–Kier alpha value is -2.81. The van der Waals surface area contributed by atoms with Gasteiger partial charge in [-0.3, -0.25) is 9.88 Å². The first-order valence-electron chi connectivity index (χ1n) is 12.1. The summed E-state index contributed by atoms with van der Waals surface area (Å²) >= 11 is 0. The third kappa shape index (κ3) is 4.45. The van der Waals surface area contributed by atoms with E-state index in [1.807, 2.05) is 24.0 Å². The predicted molar refractivity (Wildman–Crippen MR) is 132 cm³/mol. The van der Waals surface area contributed by atoms with Gasteiger partial charge in [-0.2, -0.15) is 5.10 Å². The van der Waals surface area contributed by atoms with Gasteiger partial charge in [0, 0.05) is 61.5 Å². The van der Waals surface area contributed by atoms with Crippen LogP contribution in [0.15, 0.2) is 30.6 Å². The number of aromatic nitrogens is 4. The Balaban J connectivity index is 1.53. The summed E-state index contributed by atoms with van der Waals surface area (Å²) < 4.78 is 13.2.